The van der Waals surface area contributed by atoms with Gasteiger partial charge in [-0.3, -0.25) is 0 Å². The van der Waals surface area contributed by atoms with Gasteiger partial charge in [-0.25, -0.2) is 9.78 Å². The van der Waals surface area contributed by atoms with E-state index in [-0.39, 0.29) is 0 Å². The number of fused-ring (bicyclic) bond motifs is 1. The Morgan fingerprint density at radius 2 is 2.32 bits per heavy atom. The van der Waals surface area contributed by atoms with Gasteiger partial charge in [0, 0.05) is 16.6 Å². The number of nitrogens with zero attached hydrogens (tertiary/aromatic N) is 2. The van der Waals surface area contributed by atoms with Crippen molar-refractivity contribution < 1.29 is 9.53 Å². The van der Waals surface area contributed by atoms with Crippen LogP contribution in [0.5, 0.6) is 0 Å². The molecule has 3 rings (SSSR count). The van der Waals surface area contributed by atoms with Gasteiger partial charge in [-0.2, -0.15) is 0 Å². The van der Waals surface area contributed by atoms with Crippen LogP contribution < -0.4 is 0 Å². The smallest absolute Gasteiger partial charge is 0.358 e. The predicted octanol–water partition coefficient (Wildman–Crippen LogP) is 3.26. The molecule has 5 heteroatoms. The third kappa shape index (κ3) is 2.24. The van der Waals surface area contributed by atoms with Crippen LogP contribution in [0.2, 0.25) is 0 Å². The molecule has 19 heavy (non-hydrogen) atoms. The van der Waals surface area contributed by atoms with Crippen molar-refractivity contribution in [3.63, 3.8) is 0 Å². The lowest BCUT2D eigenvalue weighted by molar-refractivity contribution is 0.0520. The van der Waals surface area contributed by atoms with E-state index in [9.17, 15) is 4.79 Å². The van der Waals surface area contributed by atoms with Gasteiger partial charge in [-0.15, -0.1) is 11.3 Å². The second-order valence-corrected chi connectivity index (χ2v) is 4.98. The number of hydrogen-bond acceptors (Lipinski definition) is 4. The van der Waals surface area contributed by atoms with E-state index < -0.39 is 5.97 Å². The molecule has 0 saturated heterocycles. The van der Waals surface area contributed by atoms with Crippen LogP contribution in [0.1, 0.15) is 17.4 Å². The molecule has 4 nitrogen and oxygen atoms in total. The third-order valence-electron chi connectivity index (χ3n) is 2.80. The Hall–Kier alpha value is -2.14. The number of imidazole rings is 1. The van der Waals surface area contributed by atoms with Crippen LogP contribution in [0.25, 0.3) is 15.8 Å². The minimum Gasteiger partial charge on any atom is -0.461 e. The molecule has 2 heterocycles. The lowest BCUT2D eigenvalue weighted by Crippen LogP contribution is -2.04. The van der Waals surface area contributed by atoms with Gasteiger partial charge < -0.3 is 9.30 Å². The zero-order chi connectivity index (χ0) is 13.2. The van der Waals surface area contributed by atoms with Gasteiger partial charge in [-0.1, -0.05) is 0 Å². The summed E-state index contributed by atoms with van der Waals surface area (Å²) in [7, 11) is 0. The van der Waals surface area contributed by atoms with Gasteiger partial charge in [0.2, 0.25) is 0 Å². The standard InChI is InChI=1S/C14H12N2O2S/c1-2-18-14(17)12-8-16(9-15-12)11-3-4-13-10(7-11)5-6-19-13/h3-9H,2H2,1H3. The van der Waals surface area contributed by atoms with Crippen molar-refractivity contribution in [2.45, 2.75) is 6.92 Å². The van der Waals surface area contributed by atoms with Gasteiger partial charge in [-0.05, 0) is 42.0 Å². The SMILES string of the molecule is CCOC(=O)c1cn(-c2ccc3sccc3c2)cn1. The number of aromatic nitrogens is 2. The molecule has 2 aromatic heterocycles. The Bertz CT molecular complexity index is 730. The van der Waals surface area contributed by atoms with Gasteiger partial charge in [0.15, 0.2) is 5.69 Å². The first-order chi connectivity index (χ1) is 9.28. The van der Waals surface area contributed by atoms with Crippen LogP contribution in [0.3, 0.4) is 0 Å². The van der Waals surface area contributed by atoms with Crippen molar-refractivity contribution in [1.29, 1.82) is 0 Å². The average molecular weight is 272 g/mol. The Morgan fingerprint density at radius 3 is 3.16 bits per heavy atom. The van der Waals surface area contributed by atoms with Crippen LogP contribution in [0.15, 0.2) is 42.2 Å². The Labute approximate surface area is 114 Å². The highest BCUT2D eigenvalue weighted by atomic mass is 32.1. The molecule has 0 spiro atoms. The van der Waals surface area contributed by atoms with E-state index in [4.69, 9.17) is 4.74 Å². The molecule has 0 atom stereocenters. The molecule has 0 N–H and O–H groups in total. The maximum atomic E-state index is 11.6. The topological polar surface area (TPSA) is 44.1 Å². The van der Waals surface area contributed by atoms with E-state index in [0.29, 0.717) is 12.3 Å². The fourth-order valence-corrected chi connectivity index (χ4v) is 2.66. The summed E-state index contributed by atoms with van der Waals surface area (Å²) in [6.07, 6.45) is 3.31. The van der Waals surface area contributed by atoms with Gasteiger partial charge >= 0.3 is 5.97 Å². The van der Waals surface area contributed by atoms with Crippen LogP contribution in [0, 0.1) is 0 Å². The lowest BCUT2D eigenvalue weighted by Gasteiger charge is -2.01. The molecule has 0 radical (unpaired) electrons. The summed E-state index contributed by atoms with van der Waals surface area (Å²) in [6.45, 7) is 2.13. The third-order valence-corrected chi connectivity index (χ3v) is 3.70. The molecular formula is C14H12N2O2S. The summed E-state index contributed by atoms with van der Waals surface area (Å²) in [5.41, 5.74) is 1.31. The maximum absolute atomic E-state index is 11.6. The van der Waals surface area contributed by atoms with Crippen LogP contribution >= 0.6 is 11.3 Å². The molecule has 0 aliphatic rings. The first-order valence-electron chi connectivity index (χ1n) is 5.96. The van der Waals surface area contributed by atoms with Gasteiger partial charge in [0.05, 0.1) is 6.61 Å². The quantitative estimate of drug-likeness (QED) is 0.687. The summed E-state index contributed by atoms with van der Waals surface area (Å²) < 4.78 is 7.99. The molecule has 0 bridgehead atoms. The minimum absolute atomic E-state index is 0.326. The Balaban J connectivity index is 1.95. The highest BCUT2D eigenvalue weighted by molar-refractivity contribution is 7.17. The molecule has 0 amide bonds. The van der Waals surface area contributed by atoms with E-state index in [0.717, 1.165) is 5.69 Å². The fourth-order valence-electron chi connectivity index (χ4n) is 1.89. The summed E-state index contributed by atoms with van der Waals surface area (Å²) in [5.74, 6) is -0.391. The number of esters is 1. The Morgan fingerprint density at radius 1 is 1.42 bits per heavy atom. The van der Waals surface area contributed by atoms with Gasteiger partial charge in [0.25, 0.3) is 0 Å². The highest BCUT2D eigenvalue weighted by Crippen LogP contribution is 2.23. The van der Waals surface area contributed by atoms with Crippen molar-refractivity contribution >= 4 is 27.4 Å². The number of rotatable bonds is 3. The Kier molecular flexibility index (Phi) is 3.05. The van der Waals surface area contributed by atoms with E-state index in [1.807, 2.05) is 10.6 Å². The van der Waals surface area contributed by atoms with Crippen LogP contribution in [0.4, 0.5) is 0 Å². The largest absolute Gasteiger partial charge is 0.461 e. The molecule has 0 fully saturated rings. The molecule has 3 aromatic rings. The first kappa shape index (κ1) is 11.9. The highest BCUT2D eigenvalue weighted by Gasteiger charge is 2.10. The van der Waals surface area contributed by atoms with Crippen LogP contribution in [-0.4, -0.2) is 22.1 Å². The zero-order valence-corrected chi connectivity index (χ0v) is 11.2. The van der Waals surface area contributed by atoms with Crippen molar-refractivity contribution in [3.05, 3.63) is 47.9 Å². The first-order valence-corrected chi connectivity index (χ1v) is 6.84. The molecule has 1 aromatic carbocycles. The van der Waals surface area contributed by atoms with Crippen LogP contribution in [-0.2, 0) is 4.74 Å². The van der Waals surface area contributed by atoms with E-state index in [1.54, 1.807) is 30.8 Å². The number of ether oxygens (including phenoxy) is 1. The number of benzene rings is 1. The van der Waals surface area contributed by atoms with Crippen molar-refractivity contribution in [3.8, 4) is 5.69 Å². The summed E-state index contributed by atoms with van der Waals surface area (Å²) in [6, 6.07) is 8.23. The molecule has 0 aliphatic carbocycles. The van der Waals surface area contributed by atoms with E-state index in [1.165, 1.54) is 10.1 Å². The summed E-state index contributed by atoms with van der Waals surface area (Å²) >= 11 is 1.71. The molecule has 0 aliphatic heterocycles. The van der Waals surface area contributed by atoms with Crippen molar-refractivity contribution in [1.82, 2.24) is 9.55 Å². The van der Waals surface area contributed by atoms with E-state index >= 15 is 0 Å². The van der Waals surface area contributed by atoms with Crippen molar-refractivity contribution in [2.75, 3.05) is 6.61 Å². The van der Waals surface area contributed by atoms with E-state index in [2.05, 4.69) is 28.6 Å². The summed E-state index contributed by atoms with van der Waals surface area (Å²) in [4.78, 5) is 15.6. The number of carbonyl (C=O) groups excluding carboxylic acids is 1. The number of hydrogen-bond donors (Lipinski definition) is 0. The second kappa shape index (κ2) is 4.85. The monoisotopic (exact) mass is 272 g/mol. The molecule has 0 unspecified atom stereocenters. The number of thiophene rings is 1. The average Bonchev–Trinajstić information content (AvgIpc) is 3.07. The minimum atomic E-state index is -0.391. The summed E-state index contributed by atoms with van der Waals surface area (Å²) in [5, 5.41) is 3.25. The molecule has 0 saturated carbocycles. The maximum Gasteiger partial charge on any atom is 0.358 e. The normalized spacial score (nSPS) is 10.8. The lowest BCUT2D eigenvalue weighted by atomic mass is 10.2. The predicted molar refractivity (Wildman–Crippen MR) is 74.9 cm³/mol. The van der Waals surface area contributed by atoms with Gasteiger partial charge in [0.1, 0.15) is 6.33 Å². The zero-order valence-electron chi connectivity index (χ0n) is 10.4. The number of carbonyl (C=O) groups is 1. The van der Waals surface area contributed by atoms with Crippen molar-refractivity contribution in [2.24, 2.45) is 0 Å². The molecular weight excluding hydrogens is 260 g/mol. The fraction of sp³-hybridized carbons (Fsp3) is 0.143. The second-order valence-electron chi connectivity index (χ2n) is 4.03. The molecule has 96 valence electrons.